The minimum Gasteiger partial charge on any atom is -0.541 e. The fourth-order valence-corrected chi connectivity index (χ4v) is 0.261. The number of hydrogen-bond donors (Lipinski definition) is 0. The van der Waals surface area contributed by atoms with Crippen LogP contribution in [-0.4, -0.2) is 16.1 Å². The molecule has 42 valence electrons. The van der Waals surface area contributed by atoms with Gasteiger partial charge >= 0.3 is 0 Å². The van der Waals surface area contributed by atoms with Gasteiger partial charge < -0.3 is 14.4 Å². The van der Waals surface area contributed by atoms with Gasteiger partial charge in [-0.05, 0) is 0 Å². The predicted octanol–water partition coefficient (Wildman–Crippen LogP) is -1.57. The third-order valence-electron chi connectivity index (χ3n) is 0.544. The Morgan fingerprint density at radius 2 is 2.62 bits per heavy atom. The van der Waals surface area contributed by atoms with Crippen LogP contribution >= 0.6 is 0 Å². The van der Waals surface area contributed by atoms with Gasteiger partial charge in [0, 0.05) is 0 Å². The van der Waals surface area contributed by atoms with Crippen LogP contribution in [0.1, 0.15) is 10.6 Å². The molecule has 0 aliphatic rings. The summed E-state index contributed by atoms with van der Waals surface area (Å²) in [6.07, 6.45) is 0.922. The van der Waals surface area contributed by atoms with Crippen LogP contribution in [-0.2, 0) is 0 Å². The van der Waals surface area contributed by atoms with E-state index in [1.165, 1.54) is 0 Å². The van der Waals surface area contributed by atoms with E-state index in [4.69, 9.17) is 0 Å². The van der Waals surface area contributed by atoms with E-state index in [1.54, 1.807) is 0 Å². The molecule has 0 N–H and O–H groups in total. The second-order valence-electron chi connectivity index (χ2n) is 1.04. The van der Waals surface area contributed by atoms with Gasteiger partial charge in [-0.3, -0.25) is 0 Å². The molecule has 0 radical (unpaired) electrons. The fraction of sp³-hybridized carbons (Fsp3) is 0. The maximum atomic E-state index is 9.77. The normalized spacial score (nSPS) is 9.00. The van der Waals surface area contributed by atoms with Gasteiger partial charge in [0.15, 0.2) is 0 Å². The zero-order chi connectivity index (χ0) is 5.98. The zero-order valence-electron chi connectivity index (χ0n) is 3.70. The quantitative estimate of drug-likeness (QED) is 0.439. The molecule has 0 atom stereocenters. The topological polar surface area (TPSA) is 79.0 Å². The Balaban J connectivity index is 2.93. The molecule has 1 aromatic heterocycles. The van der Waals surface area contributed by atoms with E-state index in [0.717, 1.165) is 6.39 Å². The Morgan fingerprint density at radius 3 is 2.88 bits per heavy atom. The van der Waals surface area contributed by atoms with Crippen LogP contribution in [0, 0.1) is 0 Å². The van der Waals surface area contributed by atoms with Crippen LogP contribution in [0.2, 0.25) is 0 Å². The lowest BCUT2D eigenvalue weighted by Gasteiger charge is -1.86. The van der Waals surface area contributed by atoms with Gasteiger partial charge in [0.05, 0.1) is 0 Å². The zero-order valence-corrected chi connectivity index (χ0v) is 3.70. The molecule has 0 unspecified atom stereocenters. The van der Waals surface area contributed by atoms with Gasteiger partial charge in [-0.15, -0.1) is 0 Å². The number of carboxylic acids is 1. The van der Waals surface area contributed by atoms with Crippen LogP contribution < -0.4 is 5.11 Å². The first-order chi connectivity index (χ1) is 3.80. The molecule has 0 saturated heterocycles. The Kier molecular flexibility index (Phi) is 0.957. The molecule has 5 heteroatoms. The van der Waals surface area contributed by atoms with Crippen molar-refractivity contribution >= 4 is 5.97 Å². The van der Waals surface area contributed by atoms with E-state index in [0.29, 0.717) is 0 Å². The lowest BCUT2D eigenvalue weighted by atomic mass is 10.7. The Hall–Kier alpha value is -1.39. The molecule has 0 aliphatic carbocycles. The minimum absolute atomic E-state index is 0.426. The predicted molar refractivity (Wildman–Crippen MR) is 18.6 cm³/mol. The lowest BCUT2D eigenvalue weighted by molar-refractivity contribution is -0.256. The molecule has 0 saturated carbocycles. The van der Waals surface area contributed by atoms with Crippen molar-refractivity contribution in [2.75, 3.05) is 0 Å². The molecule has 0 amide bonds. The molecule has 0 aromatic carbocycles. The highest BCUT2D eigenvalue weighted by Crippen LogP contribution is 1.81. The van der Waals surface area contributed by atoms with Gasteiger partial charge in [-0.1, -0.05) is 5.16 Å². The van der Waals surface area contributed by atoms with Crippen molar-refractivity contribution in [3.63, 3.8) is 0 Å². The molecular formula is C3HN2O3-. The number of rotatable bonds is 1. The molecule has 5 nitrogen and oxygen atoms in total. The number of carboxylic acid groups (broad SMARTS) is 1. The highest BCUT2D eigenvalue weighted by molar-refractivity contribution is 5.80. The second kappa shape index (κ2) is 1.61. The number of nitrogens with zero attached hydrogens (tertiary/aromatic N) is 2. The molecule has 1 rings (SSSR count). The molecule has 0 fully saturated rings. The third-order valence-corrected chi connectivity index (χ3v) is 0.544. The standard InChI is InChI=1S/C3H2N2O3/c6-3(7)2-4-1-8-5-2/h1H,(H,6,7)/p-1. The van der Waals surface area contributed by atoms with Crippen LogP contribution in [0.15, 0.2) is 10.9 Å². The lowest BCUT2D eigenvalue weighted by Crippen LogP contribution is -2.23. The first-order valence-corrected chi connectivity index (χ1v) is 1.78. The number of aromatic carboxylic acids is 1. The average molecular weight is 113 g/mol. The fourth-order valence-electron chi connectivity index (χ4n) is 0.261. The number of carbonyl (C=O) groups excluding carboxylic acids is 1. The summed E-state index contributed by atoms with van der Waals surface area (Å²) >= 11 is 0. The van der Waals surface area contributed by atoms with E-state index in [1.807, 2.05) is 0 Å². The number of aromatic nitrogens is 2. The Bertz CT molecular complexity index is 180. The van der Waals surface area contributed by atoms with Crippen molar-refractivity contribution in [1.29, 1.82) is 0 Å². The van der Waals surface area contributed by atoms with Gasteiger partial charge in [-0.25, -0.2) is 0 Å². The second-order valence-corrected chi connectivity index (χ2v) is 1.04. The first kappa shape index (κ1) is 4.76. The van der Waals surface area contributed by atoms with Crippen molar-refractivity contribution in [3.05, 3.63) is 12.2 Å². The summed E-state index contributed by atoms with van der Waals surface area (Å²) in [7, 11) is 0. The summed E-state index contributed by atoms with van der Waals surface area (Å²) in [4.78, 5) is 12.9. The van der Waals surface area contributed by atoms with Gasteiger partial charge in [0.2, 0.25) is 12.2 Å². The largest absolute Gasteiger partial charge is 0.541 e. The maximum absolute atomic E-state index is 9.77. The number of hydrogen-bond acceptors (Lipinski definition) is 5. The molecule has 8 heavy (non-hydrogen) atoms. The van der Waals surface area contributed by atoms with E-state index >= 15 is 0 Å². The van der Waals surface area contributed by atoms with Crippen molar-refractivity contribution in [1.82, 2.24) is 10.1 Å². The highest BCUT2D eigenvalue weighted by Gasteiger charge is 1.94. The van der Waals surface area contributed by atoms with Crippen LogP contribution in [0.3, 0.4) is 0 Å². The van der Waals surface area contributed by atoms with Crippen LogP contribution in [0.5, 0.6) is 0 Å². The summed E-state index contributed by atoms with van der Waals surface area (Å²) in [6, 6.07) is 0. The highest BCUT2D eigenvalue weighted by atomic mass is 16.5. The molecule has 0 aliphatic heterocycles. The van der Waals surface area contributed by atoms with Crippen molar-refractivity contribution < 1.29 is 14.4 Å². The molecular weight excluding hydrogens is 112 g/mol. The van der Waals surface area contributed by atoms with E-state index in [-0.39, 0.29) is 0 Å². The number of carbonyl (C=O) groups is 1. The summed E-state index contributed by atoms with van der Waals surface area (Å²) in [6.45, 7) is 0. The van der Waals surface area contributed by atoms with Crippen LogP contribution in [0.4, 0.5) is 0 Å². The van der Waals surface area contributed by atoms with E-state index in [9.17, 15) is 9.90 Å². The summed E-state index contributed by atoms with van der Waals surface area (Å²) in [5.74, 6) is -1.86. The smallest absolute Gasteiger partial charge is 0.217 e. The van der Waals surface area contributed by atoms with Gasteiger partial charge in [-0.2, -0.15) is 4.98 Å². The van der Waals surface area contributed by atoms with E-state index < -0.39 is 11.8 Å². The van der Waals surface area contributed by atoms with Gasteiger partial charge in [0.1, 0.15) is 5.97 Å². The van der Waals surface area contributed by atoms with E-state index in [2.05, 4.69) is 14.7 Å². The minimum atomic E-state index is -1.43. The van der Waals surface area contributed by atoms with Crippen molar-refractivity contribution in [2.45, 2.75) is 0 Å². The molecule has 0 bridgehead atoms. The van der Waals surface area contributed by atoms with Crippen molar-refractivity contribution in [2.24, 2.45) is 0 Å². The molecule has 1 aromatic rings. The van der Waals surface area contributed by atoms with Crippen LogP contribution in [0.25, 0.3) is 0 Å². The summed E-state index contributed by atoms with van der Waals surface area (Å²) in [5.41, 5.74) is 0. The summed E-state index contributed by atoms with van der Waals surface area (Å²) < 4.78 is 4.09. The summed E-state index contributed by atoms with van der Waals surface area (Å²) in [5, 5.41) is 12.7. The first-order valence-electron chi connectivity index (χ1n) is 1.78. The third kappa shape index (κ3) is 0.651. The molecule has 1 heterocycles. The Morgan fingerprint density at radius 1 is 1.88 bits per heavy atom. The average Bonchev–Trinajstić information content (AvgIpc) is 2.12. The molecule has 0 spiro atoms. The maximum Gasteiger partial charge on any atom is 0.217 e. The van der Waals surface area contributed by atoms with Crippen molar-refractivity contribution in [3.8, 4) is 0 Å². The monoisotopic (exact) mass is 113 g/mol. The Labute approximate surface area is 43.9 Å². The SMILES string of the molecule is O=C([O-])c1ncon1. The van der Waals surface area contributed by atoms with Gasteiger partial charge in [0.25, 0.3) is 0 Å².